The number of rotatable bonds is 3. The minimum Gasteiger partial charge on any atom is -0.370 e. The molecule has 1 radical (unpaired) electrons. The van der Waals surface area contributed by atoms with Crippen molar-refractivity contribution in [2.45, 2.75) is 19.9 Å². The molecule has 2 N–H and O–H groups in total. The predicted molar refractivity (Wildman–Crippen MR) is 39.6 cm³/mol. The second kappa shape index (κ2) is 3.18. The summed E-state index contributed by atoms with van der Waals surface area (Å²) in [5.74, 6) is 0.560. The zero-order valence-electron chi connectivity index (χ0n) is 6.37. The lowest BCUT2D eigenvalue weighted by molar-refractivity contribution is -0.118. The van der Waals surface area contributed by atoms with Crippen molar-refractivity contribution in [2.24, 2.45) is 5.73 Å². The van der Waals surface area contributed by atoms with Gasteiger partial charge < -0.3 is 10.3 Å². The summed E-state index contributed by atoms with van der Waals surface area (Å²) in [6, 6.07) is 0. The Morgan fingerprint density at radius 3 is 3.09 bits per heavy atom. The number of amides is 1. The monoisotopic (exact) mass is 152 g/mol. The normalized spacial score (nSPS) is 9.91. The number of carbonyl (C=O) groups is 1. The van der Waals surface area contributed by atoms with Crippen molar-refractivity contribution < 1.29 is 4.79 Å². The highest BCUT2D eigenvalue weighted by Gasteiger charge is 1.98. The molecule has 4 heteroatoms. The first-order valence-electron chi connectivity index (χ1n) is 3.38. The minimum atomic E-state index is -0.293. The average molecular weight is 152 g/mol. The van der Waals surface area contributed by atoms with Gasteiger partial charge in [0.2, 0.25) is 5.91 Å². The maximum Gasteiger partial charge on any atom is 0.219 e. The molecule has 1 amide bonds. The molecule has 59 valence electrons. The molecule has 0 unspecified atom stereocenters. The van der Waals surface area contributed by atoms with Crippen molar-refractivity contribution in [1.82, 2.24) is 9.55 Å². The Bertz CT molecular complexity index is 254. The molecular formula is C7H10N3O. The molecular weight excluding hydrogens is 142 g/mol. The quantitative estimate of drug-likeness (QED) is 0.655. The molecule has 0 aliphatic carbocycles. The van der Waals surface area contributed by atoms with E-state index in [1.165, 1.54) is 0 Å². The zero-order valence-corrected chi connectivity index (χ0v) is 6.37. The first-order valence-corrected chi connectivity index (χ1v) is 3.38. The Hall–Kier alpha value is -1.32. The topological polar surface area (TPSA) is 60.9 Å². The van der Waals surface area contributed by atoms with Crippen molar-refractivity contribution in [1.29, 1.82) is 0 Å². The number of hydrogen-bond acceptors (Lipinski definition) is 2. The fraction of sp³-hybridized carbons (Fsp3) is 0.429. The molecule has 0 bridgehead atoms. The van der Waals surface area contributed by atoms with E-state index in [4.69, 9.17) is 5.73 Å². The smallest absolute Gasteiger partial charge is 0.219 e. The molecule has 4 nitrogen and oxygen atoms in total. The predicted octanol–water partition coefficient (Wildman–Crippen LogP) is -0.133. The van der Waals surface area contributed by atoms with Crippen LogP contribution in [0.25, 0.3) is 0 Å². The van der Waals surface area contributed by atoms with E-state index in [1.54, 1.807) is 6.20 Å². The summed E-state index contributed by atoms with van der Waals surface area (Å²) in [6.45, 7) is 2.45. The molecule has 0 aliphatic heterocycles. The van der Waals surface area contributed by atoms with Crippen LogP contribution in [0.15, 0.2) is 6.20 Å². The van der Waals surface area contributed by atoms with E-state index in [-0.39, 0.29) is 5.91 Å². The van der Waals surface area contributed by atoms with Crippen molar-refractivity contribution in [3.8, 4) is 0 Å². The van der Waals surface area contributed by atoms with Gasteiger partial charge in [0.25, 0.3) is 0 Å². The lowest BCUT2D eigenvalue weighted by atomic mass is 10.4. The third kappa shape index (κ3) is 2.07. The van der Waals surface area contributed by atoms with Gasteiger partial charge >= 0.3 is 0 Å². The summed E-state index contributed by atoms with van der Waals surface area (Å²) < 4.78 is 1.84. The molecule has 0 saturated heterocycles. The second-order valence-electron chi connectivity index (χ2n) is 2.33. The highest BCUT2D eigenvalue weighted by atomic mass is 16.1. The number of nitrogens with zero attached hydrogens (tertiary/aromatic N) is 2. The van der Waals surface area contributed by atoms with E-state index in [0.29, 0.717) is 13.0 Å². The van der Waals surface area contributed by atoms with Gasteiger partial charge in [0.1, 0.15) is 12.0 Å². The molecule has 1 aromatic rings. The van der Waals surface area contributed by atoms with Gasteiger partial charge in [-0.1, -0.05) is 0 Å². The van der Waals surface area contributed by atoms with Gasteiger partial charge in [-0.25, -0.2) is 4.98 Å². The van der Waals surface area contributed by atoms with Gasteiger partial charge in [0.15, 0.2) is 0 Å². The van der Waals surface area contributed by atoms with E-state index in [1.807, 2.05) is 11.5 Å². The first kappa shape index (κ1) is 7.78. The fourth-order valence-electron chi connectivity index (χ4n) is 0.807. The van der Waals surface area contributed by atoms with Gasteiger partial charge in [0.05, 0.1) is 0 Å². The van der Waals surface area contributed by atoms with Gasteiger partial charge in [0, 0.05) is 19.2 Å². The molecule has 1 rings (SSSR count). The number of carbonyl (C=O) groups excluding carboxylic acids is 1. The molecule has 0 saturated carbocycles. The van der Waals surface area contributed by atoms with Crippen LogP contribution >= 0.6 is 0 Å². The van der Waals surface area contributed by atoms with Crippen LogP contribution < -0.4 is 5.73 Å². The zero-order chi connectivity index (χ0) is 8.27. The number of aryl methyl sites for hydroxylation is 2. The lowest BCUT2D eigenvalue weighted by Crippen LogP contribution is -2.14. The van der Waals surface area contributed by atoms with Crippen LogP contribution in [0.2, 0.25) is 0 Å². The summed E-state index contributed by atoms with van der Waals surface area (Å²) in [5.41, 5.74) is 4.98. The van der Waals surface area contributed by atoms with Crippen LogP contribution in [0.5, 0.6) is 0 Å². The highest BCUT2D eigenvalue weighted by molar-refractivity contribution is 5.73. The van der Waals surface area contributed by atoms with E-state index in [2.05, 4.69) is 11.2 Å². The lowest BCUT2D eigenvalue weighted by Gasteiger charge is -2.00. The van der Waals surface area contributed by atoms with Crippen molar-refractivity contribution >= 4 is 5.91 Å². The Labute approximate surface area is 65.0 Å². The SMILES string of the molecule is Cc1n[c]cn1CCC(N)=O. The average Bonchev–Trinajstić information content (AvgIpc) is 2.31. The molecule has 0 aliphatic rings. The Morgan fingerprint density at radius 2 is 2.64 bits per heavy atom. The molecule has 0 aromatic carbocycles. The maximum atomic E-state index is 10.4. The van der Waals surface area contributed by atoms with Crippen molar-refractivity contribution in [2.75, 3.05) is 0 Å². The molecule has 0 spiro atoms. The van der Waals surface area contributed by atoms with Gasteiger partial charge in [-0.2, -0.15) is 0 Å². The number of nitrogens with two attached hydrogens (primary N) is 1. The summed E-state index contributed by atoms with van der Waals surface area (Å²) >= 11 is 0. The summed E-state index contributed by atoms with van der Waals surface area (Å²) in [7, 11) is 0. The van der Waals surface area contributed by atoms with Crippen LogP contribution in [0.1, 0.15) is 12.2 Å². The standard InChI is InChI=1S/C7H10N3O/c1-6-9-3-5-10(6)4-2-7(8)11/h5H,2,4H2,1H3,(H2,8,11). The molecule has 11 heavy (non-hydrogen) atoms. The summed E-state index contributed by atoms with van der Waals surface area (Å²) in [5, 5.41) is 0. The van der Waals surface area contributed by atoms with Gasteiger partial charge in [-0.15, -0.1) is 0 Å². The number of primary amides is 1. The van der Waals surface area contributed by atoms with Crippen LogP contribution in [0.3, 0.4) is 0 Å². The molecule has 0 atom stereocenters. The third-order valence-corrected chi connectivity index (χ3v) is 1.45. The highest BCUT2D eigenvalue weighted by Crippen LogP contribution is 1.95. The van der Waals surface area contributed by atoms with Crippen LogP contribution in [-0.4, -0.2) is 15.5 Å². The number of aromatic nitrogens is 2. The first-order chi connectivity index (χ1) is 5.20. The summed E-state index contributed by atoms with van der Waals surface area (Å²) in [6.07, 6.45) is 4.74. The fourth-order valence-corrected chi connectivity index (χ4v) is 0.807. The Balaban J connectivity index is 2.51. The number of imidazole rings is 1. The van der Waals surface area contributed by atoms with Crippen LogP contribution in [-0.2, 0) is 11.3 Å². The second-order valence-corrected chi connectivity index (χ2v) is 2.33. The van der Waals surface area contributed by atoms with Crippen molar-refractivity contribution in [3.05, 3.63) is 18.2 Å². The minimum absolute atomic E-state index is 0.293. The maximum absolute atomic E-state index is 10.4. The van der Waals surface area contributed by atoms with Crippen LogP contribution in [0.4, 0.5) is 0 Å². The van der Waals surface area contributed by atoms with Crippen LogP contribution in [0, 0.1) is 13.1 Å². The largest absolute Gasteiger partial charge is 0.370 e. The van der Waals surface area contributed by atoms with E-state index in [0.717, 1.165) is 5.82 Å². The summed E-state index contributed by atoms with van der Waals surface area (Å²) in [4.78, 5) is 14.3. The van der Waals surface area contributed by atoms with E-state index in [9.17, 15) is 4.79 Å². The van der Waals surface area contributed by atoms with Gasteiger partial charge in [-0.3, -0.25) is 4.79 Å². The third-order valence-electron chi connectivity index (χ3n) is 1.45. The van der Waals surface area contributed by atoms with E-state index >= 15 is 0 Å². The molecule has 0 fully saturated rings. The Kier molecular flexibility index (Phi) is 2.25. The van der Waals surface area contributed by atoms with Gasteiger partial charge in [-0.05, 0) is 6.92 Å². The Morgan fingerprint density at radius 1 is 1.91 bits per heavy atom. The molecule has 1 aromatic heterocycles. The van der Waals surface area contributed by atoms with E-state index < -0.39 is 0 Å². The molecule has 1 heterocycles. The number of hydrogen-bond donors (Lipinski definition) is 1. The van der Waals surface area contributed by atoms with Crippen molar-refractivity contribution in [3.63, 3.8) is 0 Å².